The van der Waals surface area contributed by atoms with Crippen LogP contribution in [0.25, 0.3) is 0 Å². The average molecular weight is 665 g/mol. The molecule has 46 heavy (non-hydrogen) atoms. The number of amides is 2. The lowest BCUT2D eigenvalue weighted by Gasteiger charge is -2.33. The van der Waals surface area contributed by atoms with Crippen LogP contribution in [0.5, 0.6) is 0 Å². The maximum absolute atomic E-state index is 14.3. The highest BCUT2D eigenvalue weighted by Crippen LogP contribution is 2.30. The summed E-state index contributed by atoms with van der Waals surface area (Å²) in [5.74, 6) is -6.60. The van der Waals surface area contributed by atoms with E-state index in [-0.39, 0.29) is 23.5 Å². The number of hydrogen-bond donors (Lipinski definition) is 2. The molecule has 0 bridgehead atoms. The topological polar surface area (TPSA) is 141 Å². The first-order chi connectivity index (χ1) is 21.7. The van der Waals surface area contributed by atoms with Gasteiger partial charge in [0.05, 0.1) is 0 Å². The van der Waals surface area contributed by atoms with Crippen molar-refractivity contribution in [1.29, 1.82) is 0 Å². The third kappa shape index (κ3) is 10.9. The number of carbonyl (C=O) groups is 4. The van der Waals surface area contributed by atoms with Crippen molar-refractivity contribution in [1.82, 2.24) is 10.2 Å². The van der Waals surface area contributed by atoms with Crippen LogP contribution >= 0.6 is 0 Å². The molecule has 0 radical (unpaired) electrons. The summed E-state index contributed by atoms with van der Waals surface area (Å²) >= 11 is 0. The van der Waals surface area contributed by atoms with Crippen LogP contribution in [0.3, 0.4) is 0 Å². The molecule has 2 N–H and O–H groups in total. The third-order valence-electron chi connectivity index (χ3n) is 6.55. The summed E-state index contributed by atoms with van der Waals surface area (Å²) in [6.45, 7) is -2.81. The molecule has 2 aromatic rings. The van der Waals surface area contributed by atoms with Gasteiger partial charge in [-0.2, -0.15) is 26.3 Å². The maximum atomic E-state index is 14.3. The van der Waals surface area contributed by atoms with Gasteiger partial charge in [0.2, 0.25) is 0 Å². The molecule has 1 saturated heterocycles. The zero-order valence-electron chi connectivity index (χ0n) is 24.0. The molecule has 252 valence electrons. The van der Waals surface area contributed by atoms with Crippen LogP contribution in [0, 0.1) is 0 Å². The minimum Gasteiger partial charge on any atom is -0.480 e. The van der Waals surface area contributed by atoms with Gasteiger partial charge in [0, 0.05) is 13.2 Å². The van der Waals surface area contributed by atoms with Crippen molar-refractivity contribution in [2.24, 2.45) is 0 Å². The summed E-state index contributed by atoms with van der Waals surface area (Å²) in [5.41, 5.74) is 0.504. The molecular weight excluding hydrogens is 634 g/mol. The monoisotopic (exact) mass is 664 g/mol. The standard InChI is InChI=1S/C29H30F6N2O9/c30-28(31,32)23(46-21-13-7-8-14-43-21)22(36-27(42)45-16-19-11-5-2-6-12-19)25(40)44-17-20(24(38)39)37(26(41)29(33,34)35)15-18-9-3-1-4-10-18/h1-6,9-12,20-23H,7-8,13-17H2,(H,36,42)(H,38,39). The zero-order chi connectivity index (χ0) is 33.9. The van der Waals surface area contributed by atoms with Crippen LogP contribution in [0.1, 0.15) is 30.4 Å². The first-order valence-corrected chi connectivity index (χ1v) is 13.8. The lowest BCUT2D eigenvalue weighted by atomic mass is 10.1. The predicted molar refractivity (Wildman–Crippen MR) is 143 cm³/mol. The Bertz CT molecular complexity index is 1310. The van der Waals surface area contributed by atoms with Crippen LogP contribution in [0.15, 0.2) is 60.7 Å². The molecule has 0 aliphatic carbocycles. The van der Waals surface area contributed by atoms with E-state index in [1.807, 2.05) is 0 Å². The van der Waals surface area contributed by atoms with Crippen molar-refractivity contribution < 1.29 is 69.6 Å². The number of alkyl carbamates (subject to hydrolysis) is 1. The molecule has 0 saturated carbocycles. The summed E-state index contributed by atoms with van der Waals surface area (Å²) < 4.78 is 103. The Balaban J connectivity index is 1.87. The Hall–Kier alpha value is -4.38. The van der Waals surface area contributed by atoms with Gasteiger partial charge in [-0.25, -0.2) is 14.4 Å². The molecule has 2 amide bonds. The van der Waals surface area contributed by atoms with E-state index >= 15 is 0 Å². The van der Waals surface area contributed by atoms with Gasteiger partial charge in [-0.3, -0.25) is 4.79 Å². The Kier molecular flexibility index (Phi) is 12.8. The van der Waals surface area contributed by atoms with E-state index in [4.69, 9.17) is 18.9 Å². The molecule has 2 aromatic carbocycles. The third-order valence-corrected chi connectivity index (χ3v) is 6.55. The number of benzene rings is 2. The maximum Gasteiger partial charge on any atom is 0.471 e. The largest absolute Gasteiger partial charge is 0.480 e. The van der Waals surface area contributed by atoms with Crippen molar-refractivity contribution in [3.8, 4) is 0 Å². The van der Waals surface area contributed by atoms with Gasteiger partial charge < -0.3 is 34.3 Å². The number of carboxylic acid groups (broad SMARTS) is 1. The number of ether oxygens (including phenoxy) is 4. The molecule has 3 rings (SSSR count). The van der Waals surface area contributed by atoms with Gasteiger partial charge in [0.1, 0.15) is 13.2 Å². The highest BCUT2D eigenvalue weighted by molar-refractivity contribution is 5.88. The second kappa shape index (κ2) is 16.3. The molecule has 1 aliphatic heterocycles. The first-order valence-electron chi connectivity index (χ1n) is 13.8. The van der Waals surface area contributed by atoms with E-state index in [0.29, 0.717) is 18.4 Å². The van der Waals surface area contributed by atoms with Gasteiger partial charge in [-0.05, 0) is 30.4 Å². The van der Waals surface area contributed by atoms with Crippen LogP contribution in [-0.2, 0) is 46.5 Å². The molecule has 1 fully saturated rings. The minimum atomic E-state index is -5.56. The van der Waals surface area contributed by atoms with Crippen molar-refractivity contribution in [2.45, 2.75) is 69.2 Å². The van der Waals surface area contributed by atoms with Gasteiger partial charge in [0.25, 0.3) is 0 Å². The second-order valence-corrected chi connectivity index (χ2v) is 9.98. The van der Waals surface area contributed by atoms with Crippen LogP contribution in [0.4, 0.5) is 31.1 Å². The van der Waals surface area contributed by atoms with Crippen LogP contribution < -0.4 is 5.32 Å². The molecule has 17 heteroatoms. The Morgan fingerprint density at radius 3 is 2.04 bits per heavy atom. The molecule has 4 unspecified atom stereocenters. The van der Waals surface area contributed by atoms with E-state index in [9.17, 15) is 50.6 Å². The van der Waals surface area contributed by atoms with Gasteiger partial charge in [-0.15, -0.1) is 0 Å². The molecule has 11 nitrogen and oxygen atoms in total. The molecule has 0 spiro atoms. The lowest BCUT2D eigenvalue weighted by molar-refractivity contribution is -0.284. The quantitative estimate of drug-likeness (QED) is 0.236. The highest BCUT2D eigenvalue weighted by Gasteiger charge is 2.52. The Morgan fingerprint density at radius 2 is 1.52 bits per heavy atom. The molecule has 0 aromatic heterocycles. The van der Waals surface area contributed by atoms with Crippen molar-refractivity contribution >= 4 is 23.9 Å². The number of carbonyl (C=O) groups excluding carboxylic acids is 3. The minimum absolute atomic E-state index is 0.00187. The summed E-state index contributed by atoms with van der Waals surface area (Å²) in [4.78, 5) is 49.8. The summed E-state index contributed by atoms with van der Waals surface area (Å²) in [6.07, 6.45) is -16.1. The zero-order valence-corrected chi connectivity index (χ0v) is 24.0. The fourth-order valence-corrected chi connectivity index (χ4v) is 4.29. The lowest BCUT2D eigenvalue weighted by Crippen LogP contribution is -2.58. The van der Waals surface area contributed by atoms with E-state index < -0.39 is 80.5 Å². The Labute approximate surface area is 258 Å². The fourth-order valence-electron chi connectivity index (χ4n) is 4.29. The number of carboxylic acids is 1. The van der Waals surface area contributed by atoms with Crippen molar-refractivity contribution in [3.05, 3.63) is 71.8 Å². The summed E-state index contributed by atoms with van der Waals surface area (Å²) in [7, 11) is 0. The SMILES string of the molecule is O=C(NC(C(=O)OCC(C(=O)O)N(Cc1ccccc1)C(=O)C(F)(F)F)C(OC1CCCCO1)C(F)(F)F)OCc1ccccc1. The predicted octanol–water partition coefficient (Wildman–Crippen LogP) is 4.34. The number of halogens is 6. The van der Waals surface area contributed by atoms with Crippen LogP contribution in [-0.4, -0.2) is 84.0 Å². The fraction of sp³-hybridized carbons (Fsp3) is 0.448. The number of esters is 1. The van der Waals surface area contributed by atoms with E-state index in [2.05, 4.69) is 0 Å². The molecule has 1 aliphatic rings. The van der Waals surface area contributed by atoms with Gasteiger partial charge >= 0.3 is 36.3 Å². The summed E-state index contributed by atoms with van der Waals surface area (Å²) in [5, 5.41) is 11.4. The van der Waals surface area contributed by atoms with Crippen molar-refractivity contribution in [3.63, 3.8) is 0 Å². The first kappa shape index (κ1) is 36.1. The number of aliphatic carboxylic acids is 1. The number of alkyl halides is 6. The molecular formula is C29H30F6N2O9. The summed E-state index contributed by atoms with van der Waals surface area (Å²) in [6, 6.07) is 9.59. The second-order valence-electron chi connectivity index (χ2n) is 9.98. The number of nitrogens with one attached hydrogen (secondary N) is 1. The number of hydrogen-bond acceptors (Lipinski definition) is 8. The van der Waals surface area contributed by atoms with Gasteiger partial charge in [-0.1, -0.05) is 60.7 Å². The highest BCUT2D eigenvalue weighted by atomic mass is 19.4. The average Bonchev–Trinajstić information content (AvgIpc) is 3.01. The Morgan fingerprint density at radius 1 is 0.913 bits per heavy atom. The van der Waals surface area contributed by atoms with E-state index in [1.165, 1.54) is 42.5 Å². The van der Waals surface area contributed by atoms with Crippen molar-refractivity contribution in [2.75, 3.05) is 13.2 Å². The van der Waals surface area contributed by atoms with E-state index in [1.54, 1.807) is 23.5 Å². The number of nitrogens with zero attached hydrogens (tertiary/aromatic N) is 1. The normalized spacial score (nSPS) is 17.2. The number of rotatable bonds is 13. The van der Waals surface area contributed by atoms with Crippen LogP contribution in [0.2, 0.25) is 0 Å². The molecule has 4 atom stereocenters. The molecule has 1 heterocycles. The van der Waals surface area contributed by atoms with E-state index in [0.717, 1.165) is 0 Å². The smallest absolute Gasteiger partial charge is 0.471 e. The van der Waals surface area contributed by atoms with Gasteiger partial charge in [0.15, 0.2) is 24.5 Å².